The molecule has 63 heavy (non-hydrogen) atoms. The van der Waals surface area contributed by atoms with Gasteiger partial charge >= 0.3 is 0 Å². The molecule has 0 aliphatic heterocycles. The van der Waals surface area contributed by atoms with Crippen LogP contribution in [-0.2, 0) is 0 Å². The molecule has 11 aromatic rings. The third kappa shape index (κ3) is 6.35. The van der Waals surface area contributed by atoms with E-state index in [1.807, 2.05) is 0 Å². The summed E-state index contributed by atoms with van der Waals surface area (Å²) in [5.41, 5.74) is 16.4. The van der Waals surface area contributed by atoms with Gasteiger partial charge in [-0.15, -0.1) is 0 Å². The van der Waals surface area contributed by atoms with Crippen LogP contribution in [0.1, 0.15) is 67.3 Å². The maximum absolute atomic E-state index is 6.90. The second-order valence-corrected chi connectivity index (χ2v) is 17.9. The fourth-order valence-corrected chi connectivity index (χ4v) is 9.91. The molecule has 0 unspecified atom stereocenters. The van der Waals surface area contributed by atoms with E-state index in [0.29, 0.717) is 11.8 Å². The van der Waals surface area contributed by atoms with Crippen LogP contribution in [-0.4, -0.2) is 0 Å². The van der Waals surface area contributed by atoms with Crippen LogP contribution in [0.4, 0.5) is 34.1 Å². The fraction of sp³-hybridized carbons (Fsp3) is 0.153. The quantitative estimate of drug-likeness (QED) is 0.153. The summed E-state index contributed by atoms with van der Waals surface area (Å²) >= 11 is 0. The molecule has 4 nitrogen and oxygen atoms in total. The van der Waals surface area contributed by atoms with Gasteiger partial charge in [-0.2, -0.15) is 0 Å². The Kier molecular flexibility index (Phi) is 9.17. The Morgan fingerprint density at radius 3 is 1.32 bits per heavy atom. The topological polar surface area (TPSA) is 32.8 Å². The van der Waals surface area contributed by atoms with E-state index in [2.05, 4.69) is 222 Å². The number of furan rings is 2. The van der Waals surface area contributed by atoms with Crippen molar-refractivity contribution in [1.29, 1.82) is 0 Å². The Bertz CT molecular complexity index is 3590. The molecule has 11 rings (SSSR count). The predicted molar refractivity (Wildman–Crippen MR) is 268 cm³/mol. The van der Waals surface area contributed by atoms with E-state index < -0.39 is 0 Å². The lowest BCUT2D eigenvalue weighted by Gasteiger charge is -2.30. The van der Waals surface area contributed by atoms with Gasteiger partial charge in [0.05, 0.1) is 0 Å². The minimum absolute atomic E-state index is 0.365. The molecule has 0 saturated carbocycles. The summed E-state index contributed by atoms with van der Waals surface area (Å²) in [6.07, 6.45) is 0. The van der Waals surface area contributed by atoms with Crippen LogP contribution < -0.4 is 9.80 Å². The van der Waals surface area contributed by atoms with Crippen molar-refractivity contribution in [3.63, 3.8) is 0 Å². The van der Waals surface area contributed by atoms with E-state index >= 15 is 0 Å². The first-order valence-corrected chi connectivity index (χ1v) is 22.2. The summed E-state index contributed by atoms with van der Waals surface area (Å²) in [5, 5.41) is 8.92. The lowest BCUT2D eigenvalue weighted by molar-refractivity contribution is 0.633. The zero-order valence-corrected chi connectivity index (χ0v) is 37.0. The number of hydrogen-bond donors (Lipinski definition) is 0. The predicted octanol–water partition coefficient (Wildman–Crippen LogP) is 17.9. The highest BCUT2D eigenvalue weighted by Gasteiger charge is 2.23. The van der Waals surface area contributed by atoms with Gasteiger partial charge in [0.1, 0.15) is 11.2 Å². The van der Waals surface area contributed by atoms with Crippen LogP contribution in [0.25, 0.3) is 65.4 Å². The molecule has 0 fully saturated rings. The Hall–Kier alpha value is -7.30. The van der Waals surface area contributed by atoms with Gasteiger partial charge in [-0.25, -0.2) is 0 Å². The van der Waals surface area contributed by atoms with E-state index in [4.69, 9.17) is 8.83 Å². The van der Waals surface area contributed by atoms with Crippen molar-refractivity contribution in [3.8, 4) is 0 Å². The molecule has 0 atom stereocenters. The molecule has 0 saturated heterocycles. The zero-order valence-electron chi connectivity index (χ0n) is 37.0. The lowest BCUT2D eigenvalue weighted by Crippen LogP contribution is -2.13. The Labute approximate surface area is 368 Å². The van der Waals surface area contributed by atoms with Crippen molar-refractivity contribution in [3.05, 3.63) is 192 Å². The molecule has 2 aromatic heterocycles. The van der Waals surface area contributed by atoms with E-state index in [0.717, 1.165) is 76.8 Å². The largest absolute Gasteiger partial charge is 0.452 e. The summed E-state index contributed by atoms with van der Waals surface area (Å²) in [5.74, 6) is 0.731. The number of hydrogen-bond acceptors (Lipinski definition) is 4. The Morgan fingerprint density at radius 2 is 0.810 bits per heavy atom. The van der Waals surface area contributed by atoms with Crippen LogP contribution in [0.15, 0.2) is 173 Å². The van der Waals surface area contributed by atoms with Gasteiger partial charge < -0.3 is 18.6 Å². The Balaban J connectivity index is 1.06. The summed E-state index contributed by atoms with van der Waals surface area (Å²) in [6.45, 7) is 15.6. The molecular formula is C59H50N2O2. The summed E-state index contributed by atoms with van der Waals surface area (Å²) in [7, 11) is 0. The van der Waals surface area contributed by atoms with E-state index in [1.165, 1.54) is 50.6 Å². The average Bonchev–Trinajstić information content (AvgIpc) is 3.84. The molecule has 0 amide bonds. The van der Waals surface area contributed by atoms with Crippen molar-refractivity contribution in [2.24, 2.45) is 0 Å². The summed E-state index contributed by atoms with van der Waals surface area (Å²) in [6, 6.07) is 59.7. The summed E-state index contributed by atoms with van der Waals surface area (Å²) < 4.78 is 13.8. The number of fused-ring (bicyclic) bond motifs is 9. The van der Waals surface area contributed by atoms with Crippen molar-refractivity contribution in [2.45, 2.75) is 60.3 Å². The molecule has 0 aliphatic carbocycles. The molecule has 9 aromatic carbocycles. The van der Waals surface area contributed by atoms with Gasteiger partial charge in [-0.05, 0) is 161 Å². The van der Waals surface area contributed by atoms with Gasteiger partial charge in [0.2, 0.25) is 0 Å². The standard InChI is InChI=1S/C59H50N2O2/c1-35(2)46-18-10-14-22-53(46)60(51-20-12-8-16-37(51)5)44-26-24-40-31-48-49-28-39(7)57-50-32-41-25-27-45(30-43(41)34-56(50)63-59(57)58(49)62-55(48)33-42(40)29-44)61(52-21-13-9-17-38(52)6)54-23-15-11-19-47(54)36(3)4/h8-36H,1-7H3. The maximum Gasteiger partial charge on any atom is 0.178 e. The first-order valence-electron chi connectivity index (χ1n) is 22.2. The first-order chi connectivity index (χ1) is 30.6. The van der Waals surface area contributed by atoms with E-state index in [1.54, 1.807) is 0 Å². The average molecular weight is 819 g/mol. The molecule has 2 heterocycles. The van der Waals surface area contributed by atoms with Crippen LogP contribution in [0.5, 0.6) is 0 Å². The number of para-hydroxylation sites is 4. The zero-order chi connectivity index (χ0) is 43.1. The smallest absolute Gasteiger partial charge is 0.178 e. The molecule has 0 radical (unpaired) electrons. The molecular weight excluding hydrogens is 769 g/mol. The fourth-order valence-electron chi connectivity index (χ4n) is 9.91. The van der Waals surface area contributed by atoms with Crippen LogP contribution in [0.3, 0.4) is 0 Å². The molecule has 0 spiro atoms. The Morgan fingerprint density at radius 1 is 0.365 bits per heavy atom. The summed E-state index contributed by atoms with van der Waals surface area (Å²) in [4.78, 5) is 4.82. The van der Waals surface area contributed by atoms with Gasteiger partial charge in [0.25, 0.3) is 0 Å². The SMILES string of the molecule is Cc1ccccc1N(c1ccc2cc3c(cc2c1)oc1c3cc(C)c2c3cc4ccc(N(c5ccccc5C)c5ccccc5C(C)C)cc4cc3oc12)c1ccccc1C(C)C. The van der Waals surface area contributed by atoms with Crippen LogP contribution >= 0.6 is 0 Å². The minimum Gasteiger partial charge on any atom is -0.452 e. The highest BCUT2D eigenvalue weighted by molar-refractivity contribution is 6.22. The monoisotopic (exact) mass is 818 g/mol. The van der Waals surface area contributed by atoms with E-state index in [9.17, 15) is 0 Å². The van der Waals surface area contributed by atoms with E-state index in [-0.39, 0.29) is 0 Å². The van der Waals surface area contributed by atoms with Gasteiger partial charge in [0, 0.05) is 55.7 Å². The number of anilines is 6. The van der Waals surface area contributed by atoms with Crippen molar-refractivity contribution in [2.75, 3.05) is 9.80 Å². The lowest BCUT2D eigenvalue weighted by atomic mass is 9.98. The number of aryl methyl sites for hydroxylation is 3. The third-order valence-electron chi connectivity index (χ3n) is 13.1. The third-order valence-corrected chi connectivity index (χ3v) is 13.1. The van der Waals surface area contributed by atoms with Gasteiger partial charge in [-0.3, -0.25) is 0 Å². The van der Waals surface area contributed by atoms with Crippen molar-refractivity contribution < 1.29 is 8.83 Å². The number of benzene rings is 9. The first kappa shape index (κ1) is 38.6. The maximum atomic E-state index is 6.90. The van der Waals surface area contributed by atoms with Crippen LogP contribution in [0, 0.1) is 20.8 Å². The molecule has 0 bridgehead atoms. The highest BCUT2D eigenvalue weighted by atomic mass is 16.4. The minimum atomic E-state index is 0.365. The molecule has 308 valence electrons. The second-order valence-electron chi connectivity index (χ2n) is 17.9. The normalized spacial score (nSPS) is 12.0. The molecule has 0 N–H and O–H groups in total. The second kappa shape index (κ2) is 15.0. The number of nitrogens with zero attached hydrogens (tertiary/aromatic N) is 2. The van der Waals surface area contributed by atoms with Gasteiger partial charge in [0.15, 0.2) is 11.2 Å². The number of rotatable bonds is 8. The van der Waals surface area contributed by atoms with Crippen LogP contribution in [0.2, 0.25) is 0 Å². The molecule has 4 heteroatoms. The highest BCUT2D eigenvalue weighted by Crippen LogP contribution is 2.46. The van der Waals surface area contributed by atoms with Crippen molar-refractivity contribution >= 4 is 99.5 Å². The van der Waals surface area contributed by atoms with Gasteiger partial charge in [-0.1, -0.05) is 113 Å². The molecule has 0 aliphatic rings. The van der Waals surface area contributed by atoms with Crippen molar-refractivity contribution in [1.82, 2.24) is 0 Å².